The number of phenolic OH excluding ortho intramolecular Hbond substituents is 1. The van der Waals surface area contributed by atoms with Gasteiger partial charge in [0.05, 0.1) is 6.26 Å². The van der Waals surface area contributed by atoms with Gasteiger partial charge in [0.2, 0.25) is 0 Å². The molecule has 0 saturated carbocycles. The third-order valence-corrected chi connectivity index (χ3v) is 3.96. The molecule has 0 saturated heterocycles. The predicted molar refractivity (Wildman–Crippen MR) is 74.0 cm³/mol. The summed E-state index contributed by atoms with van der Waals surface area (Å²) in [6, 6.07) is 6.09. The Morgan fingerprint density at radius 3 is 3.10 bits per heavy atom. The lowest BCUT2D eigenvalue weighted by Gasteiger charge is -2.27. The summed E-state index contributed by atoms with van der Waals surface area (Å²) in [6.07, 6.45) is 4.78. The normalized spacial score (nSPS) is 19.6. The maximum absolute atomic E-state index is 13.3. The van der Waals surface area contributed by atoms with E-state index in [9.17, 15) is 9.50 Å². The third kappa shape index (κ3) is 2.43. The van der Waals surface area contributed by atoms with Gasteiger partial charge in [-0.2, -0.15) is 0 Å². The van der Waals surface area contributed by atoms with Crippen molar-refractivity contribution in [1.82, 2.24) is 5.32 Å². The zero-order valence-electron chi connectivity index (χ0n) is 11.4. The van der Waals surface area contributed by atoms with Crippen LogP contribution in [0.25, 0.3) is 0 Å². The second-order valence-corrected chi connectivity index (χ2v) is 5.34. The Balaban J connectivity index is 1.80. The molecule has 2 atom stereocenters. The van der Waals surface area contributed by atoms with Gasteiger partial charge in [-0.25, -0.2) is 4.39 Å². The fraction of sp³-hybridized carbons (Fsp3) is 0.375. The summed E-state index contributed by atoms with van der Waals surface area (Å²) in [5.41, 5.74) is 1.76. The van der Waals surface area contributed by atoms with E-state index in [1.54, 1.807) is 6.26 Å². The molecule has 0 radical (unpaired) electrons. The van der Waals surface area contributed by atoms with Gasteiger partial charge in [-0.1, -0.05) is 0 Å². The van der Waals surface area contributed by atoms with E-state index < -0.39 is 0 Å². The molecule has 1 heterocycles. The van der Waals surface area contributed by atoms with E-state index in [0.29, 0.717) is 5.56 Å². The lowest BCUT2D eigenvalue weighted by Crippen LogP contribution is -2.27. The minimum Gasteiger partial charge on any atom is -0.508 e. The maximum Gasteiger partial charge on any atom is 0.123 e. The zero-order chi connectivity index (χ0) is 14.1. The van der Waals surface area contributed by atoms with Crippen molar-refractivity contribution in [2.24, 2.45) is 0 Å². The first kappa shape index (κ1) is 13.2. The molecular formula is C16H18FNO2. The number of aryl methyl sites for hydroxylation is 1. The van der Waals surface area contributed by atoms with Crippen molar-refractivity contribution in [3.05, 3.63) is 53.2 Å². The molecule has 106 valence electrons. The van der Waals surface area contributed by atoms with E-state index >= 15 is 0 Å². The standard InChI is InChI=1S/C16H18FNO2/c1-10(13-9-11(17)5-6-15(13)19)18-14-3-2-4-16-12(14)7-8-20-16/h5-10,14,18-19H,2-4H2,1H3. The number of halogens is 1. The van der Waals surface area contributed by atoms with Crippen LogP contribution in [0.5, 0.6) is 5.75 Å². The lowest BCUT2D eigenvalue weighted by atomic mass is 9.92. The number of hydrogen-bond acceptors (Lipinski definition) is 3. The Morgan fingerprint density at radius 1 is 1.40 bits per heavy atom. The highest BCUT2D eigenvalue weighted by Gasteiger charge is 2.24. The first-order valence-corrected chi connectivity index (χ1v) is 6.96. The van der Waals surface area contributed by atoms with Crippen molar-refractivity contribution >= 4 is 0 Å². The molecule has 3 nitrogen and oxygen atoms in total. The molecule has 2 unspecified atom stereocenters. The van der Waals surface area contributed by atoms with Gasteiger partial charge in [-0.05, 0) is 44.0 Å². The summed E-state index contributed by atoms with van der Waals surface area (Å²) in [5.74, 6) is 0.818. The SMILES string of the molecule is CC(NC1CCCc2occc21)c1cc(F)ccc1O. The van der Waals surface area contributed by atoms with Crippen LogP contribution in [0.4, 0.5) is 4.39 Å². The summed E-state index contributed by atoms with van der Waals surface area (Å²) in [6.45, 7) is 1.93. The first-order chi connectivity index (χ1) is 9.65. The minimum atomic E-state index is -0.334. The summed E-state index contributed by atoms with van der Waals surface area (Å²) in [7, 11) is 0. The molecule has 3 rings (SSSR count). The Hall–Kier alpha value is -1.81. The van der Waals surface area contributed by atoms with Crippen molar-refractivity contribution in [1.29, 1.82) is 0 Å². The van der Waals surface area contributed by atoms with Gasteiger partial charge in [0.15, 0.2) is 0 Å². The number of furan rings is 1. The van der Waals surface area contributed by atoms with Crippen LogP contribution >= 0.6 is 0 Å². The van der Waals surface area contributed by atoms with Crippen LogP contribution in [0.2, 0.25) is 0 Å². The van der Waals surface area contributed by atoms with Crippen LogP contribution in [0, 0.1) is 5.82 Å². The Labute approximate surface area is 117 Å². The first-order valence-electron chi connectivity index (χ1n) is 6.96. The third-order valence-electron chi connectivity index (χ3n) is 3.96. The lowest BCUT2D eigenvalue weighted by molar-refractivity contribution is 0.377. The van der Waals surface area contributed by atoms with Gasteiger partial charge < -0.3 is 14.8 Å². The Morgan fingerprint density at radius 2 is 2.25 bits per heavy atom. The number of rotatable bonds is 3. The molecule has 1 aromatic heterocycles. The number of phenols is 1. The molecule has 2 N–H and O–H groups in total. The molecule has 0 bridgehead atoms. The maximum atomic E-state index is 13.3. The number of aromatic hydroxyl groups is 1. The van der Waals surface area contributed by atoms with Gasteiger partial charge in [0.25, 0.3) is 0 Å². The van der Waals surface area contributed by atoms with E-state index in [1.807, 2.05) is 13.0 Å². The van der Waals surface area contributed by atoms with Crippen LogP contribution in [0.1, 0.15) is 48.7 Å². The number of nitrogens with one attached hydrogen (secondary N) is 1. The van der Waals surface area contributed by atoms with Crippen LogP contribution in [0.3, 0.4) is 0 Å². The molecule has 0 amide bonds. The second kappa shape index (κ2) is 5.29. The molecule has 20 heavy (non-hydrogen) atoms. The molecule has 0 fully saturated rings. The summed E-state index contributed by atoms with van der Waals surface area (Å²) >= 11 is 0. The van der Waals surface area contributed by atoms with Crippen LogP contribution < -0.4 is 5.32 Å². The number of hydrogen-bond donors (Lipinski definition) is 2. The minimum absolute atomic E-state index is 0.120. The average Bonchev–Trinajstić information content (AvgIpc) is 2.91. The largest absolute Gasteiger partial charge is 0.508 e. The molecule has 2 aromatic rings. The van der Waals surface area contributed by atoms with E-state index in [2.05, 4.69) is 5.32 Å². The summed E-state index contributed by atoms with van der Waals surface area (Å²) in [5, 5.41) is 13.3. The van der Waals surface area contributed by atoms with Gasteiger partial charge in [-0.15, -0.1) is 0 Å². The molecule has 1 aliphatic rings. The summed E-state index contributed by atoms with van der Waals surface area (Å²) in [4.78, 5) is 0. The van der Waals surface area contributed by atoms with E-state index in [-0.39, 0.29) is 23.7 Å². The van der Waals surface area contributed by atoms with Crippen molar-refractivity contribution in [3.63, 3.8) is 0 Å². The number of fused-ring (bicyclic) bond motifs is 1. The van der Waals surface area contributed by atoms with Crippen molar-refractivity contribution < 1.29 is 13.9 Å². The van der Waals surface area contributed by atoms with Crippen molar-refractivity contribution in [2.75, 3.05) is 0 Å². The van der Waals surface area contributed by atoms with E-state index in [1.165, 1.54) is 23.8 Å². The highest BCUT2D eigenvalue weighted by molar-refractivity contribution is 5.35. The van der Waals surface area contributed by atoms with Crippen LogP contribution in [-0.4, -0.2) is 5.11 Å². The van der Waals surface area contributed by atoms with Gasteiger partial charge in [0.1, 0.15) is 17.3 Å². The zero-order valence-corrected chi connectivity index (χ0v) is 11.4. The Bertz CT molecular complexity index is 608. The van der Waals surface area contributed by atoms with Gasteiger partial charge in [0, 0.05) is 29.6 Å². The topological polar surface area (TPSA) is 45.4 Å². The molecular weight excluding hydrogens is 257 g/mol. The monoisotopic (exact) mass is 275 g/mol. The highest BCUT2D eigenvalue weighted by Crippen LogP contribution is 2.34. The predicted octanol–water partition coefficient (Wildman–Crippen LogP) is 3.85. The Kier molecular flexibility index (Phi) is 3.49. The molecule has 0 aliphatic heterocycles. The van der Waals surface area contributed by atoms with Crippen LogP contribution in [-0.2, 0) is 6.42 Å². The fourth-order valence-corrected chi connectivity index (χ4v) is 2.92. The smallest absolute Gasteiger partial charge is 0.123 e. The van der Waals surface area contributed by atoms with Crippen molar-refractivity contribution in [2.45, 2.75) is 38.3 Å². The summed E-state index contributed by atoms with van der Waals surface area (Å²) < 4.78 is 18.8. The molecule has 1 aromatic carbocycles. The van der Waals surface area contributed by atoms with Crippen molar-refractivity contribution in [3.8, 4) is 5.75 Å². The number of benzene rings is 1. The molecule has 0 spiro atoms. The van der Waals surface area contributed by atoms with E-state index in [4.69, 9.17) is 4.42 Å². The molecule has 1 aliphatic carbocycles. The quantitative estimate of drug-likeness (QED) is 0.894. The van der Waals surface area contributed by atoms with Gasteiger partial charge in [-0.3, -0.25) is 0 Å². The highest BCUT2D eigenvalue weighted by atomic mass is 19.1. The average molecular weight is 275 g/mol. The van der Waals surface area contributed by atoms with Crippen LogP contribution in [0.15, 0.2) is 34.9 Å². The van der Waals surface area contributed by atoms with Gasteiger partial charge >= 0.3 is 0 Å². The fourth-order valence-electron chi connectivity index (χ4n) is 2.92. The molecule has 4 heteroatoms. The second-order valence-electron chi connectivity index (χ2n) is 5.34. The van der Waals surface area contributed by atoms with E-state index in [0.717, 1.165) is 25.0 Å².